The van der Waals surface area contributed by atoms with Crippen molar-refractivity contribution in [2.24, 2.45) is 0 Å². The number of fused-ring (bicyclic) bond motifs is 1. The first kappa shape index (κ1) is 19.1. The highest BCUT2D eigenvalue weighted by atomic mass is 32.2. The van der Waals surface area contributed by atoms with Crippen LogP contribution in [0.25, 0.3) is 16.6 Å². The predicted octanol–water partition coefficient (Wildman–Crippen LogP) is 5.28. The number of halogens is 2. The molecule has 0 amide bonds. The monoisotopic (exact) mass is 410 g/mol. The highest BCUT2D eigenvalue weighted by Crippen LogP contribution is 2.25. The first-order chi connectivity index (χ1) is 14.1. The third-order valence-corrected chi connectivity index (χ3v) is 5.29. The summed E-state index contributed by atoms with van der Waals surface area (Å²) in [6.45, 7) is -2.90. The number of benzene rings is 3. The van der Waals surface area contributed by atoms with Crippen LogP contribution in [0.15, 0.2) is 88.8 Å². The van der Waals surface area contributed by atoms with E-state index in [2.05, 4.69) is 9.72 Å². The third kappa shape index (κ3) is 4.30. The van der Waals surface area contributed by atoms with Gasteiger partial charge in [0.25, 0.3) is 5.56 Å². The van der Waals surface area contributed by atoms with E-state index in [1.165, 1.54) is 28.5 Å². The van der Waals surface area contributed by atoms with E-state index in [9.17, 15) is 13.6 Å². The van der Waals surface area contributed by atoms with Crippen LogP contribution in [0.1, 0.15) is 5.56 Å². The Morgan fingerprint density at radius 1 is 0.931 bits per heavy atom. The molecule has 0 fully saturated rings. The van der Waals surface area contributed by atoms with Crippen molar-refractivity contribution in [3.63, 3.8) is 0 Å². The summed E-state index contributed by atoms with van der Waals surface area (Å²) in [6.07, 6.45) is 0. The van der Waals surface area contributed by atoms with Gasteiger partial charge in [-0.25, -0.2) is 4.98 Å². The molecule has 7 heteroatoms. The maximum Gasteiger partial charge on any atom is 0.387 e. The Bertz CT molecular complexity index is 1180. The van der Waals surface area contributed by atoms with Crippen molar-refractivity contribution < 1.29 is 13.5 Å². The number of thioether (sulfide) groups is 1. The summed E-state index contributed by atoms with van der Waals surface area (Å²) in [5.41, 5.74) is 2.04. The molecule has 0 radical (unpaired) electrons. The first-order valence-corrected chi connectivity index (χ1v) is 9.84. The first-order valence-electron chi connectivity index (χ1n) is 8.85. The third-order valence-electron chi connectivity index (χ3n) is 4.28. The van der Waals surface area contributed by atoms with Crippen LogP contribution in [0.3, 0.4) is 0 Å². The van der Waals surface area contributed by atoms with Gasteiger partial charge in [-0.3, -0.25) is 9.36 Å². The largest absolute Gasteiger partial charge is 0.435 e. The molecule has 0 aliphatic heterocycles. The van der Waals surface area contributed by atoms with Gasteiger partial charge < -0.3 is 4.74 Å². The Kier molecular flexibility index (Phi) is 5.57. The van der Waals surface area contributed by atoms with E-state index < -0.39 is 6.61 Å². The maximum atomic E-state index is 13.2. The molecule has 3 aromatic carbocycles. The van der Waals surface area contributed by atoms with Gasteiger partial charge in [-0.05, 0) is 42.0 Å². The summed E-state index contributed by atoms with van der Waals surface area (Å²) in [5.74, 6) is 0.669. The summed E-state index contributed by atoms with van der Waals surface area (Å²) in [5, 5.41) is 1.02. The van der Waals surface area contributed by atoms with Gasteiger partial charge in [0.1, 0.15) is 5.75 Å². The van der Waals surface area contributed by atoms with Crippen molar-refractivity contribution in [1.82, 2.24) is 9.55 Å². The molecule has 4 rings (SSSR count). The van der Waals surface area contributed by atoms with Crippen LogP contribution in [0, 0.1) is 0 Å². The zero-order chi connectivity index (χ0) is 20.2. The average molecular weight is 410 g/mol. The molecule has 0 aliphatic carbocycles. The molecular formula is C22H16F2N2O2S. The molecule has 29 heavy (non-hydrogen) atoms. The van der Waals surface area contributed by atoms with Crippen LogP contribution < -0.4 is 10.3 Å². The predicted molar refractivity (Wildman–Crippen MR) is 110 cm³/mol. The summed E-state index contributed by atoms with van der Waals surface area (Å²) in [7, 11) is 0. The Morgan fingerprint density at radius 2 is 1.62 bits per heavy atom. The van der Waals surface area contributed by atoms with Gasteiger partial charge in [-0.2, -0.15) is 8.78 Å². The van der Waals surface area contributed by atoms with Gasteiger partial charge in [0.2, 0.25) is 0 Å². The van der Waals surface area contributed by atoms with Gasteiger partial charge in [-0.15, -0.1) is 0 Å². The molecule has 0 N–H and O–H groups in total. The van der Waals surface area contributed by atoms with Gasteiger partial charge in [-0.1, -0.05) is 54.2 Å². The second kappa shape index (κ2) is 8.45. The second-order valence-electron chi connectivity index (χ2n) is 6.20. The molecule has 4 aromatic rings. The normalized spacial score (nSPS) is 11.1. The topological polar surface area (TPSA) is 44.1 Å². The molecule has 1 aromatic heterocycles. The SMILES string of the molecule is O=c1c2ccccc2nc(SCc2ccccc2)n1-c1ccc(OC(F)F)cc1. The molecule has 4 nitrogen and oxygen atoms in total. The highest BCUT2D eigenvalue weighted by Gasteiger charge is 2.14. The lowest BCUT2D eigenvalue weighted by molar-refractivity contribution is -0.0498. The molecule has 0 unspecified atom stereocenters. The lowest BCUT2D eigenvalue weighted by Crippen LogP contribution is -2.21. The van der Waals surface area contributed by atoms with Crippen molar-refractivity contribution in [3.05, 3.63) is 94.8 Å². The van der Waals surface area contributed by atoms with Crippen LogP contribution in [0.5, 0.6) is 5.75 Å². The lowest BCUT2D eigenvalue weighted by atomic mass is 10.2. The van der Waals surface area contributed by atoms with E-state index in [0.29, 0.717) is 27.5 Å². The Balaban J connectivity index is 1.78. The molecular weight excluding hydrogens is 394 g/mol. The van der Waals surface area contributed by atoms with Crippen LogP contribution >= 0.6 is 11.8 Å². The Hall–Kier alpha value is -3.19. The Morgan fingerprint density at radius 3 is 2.34 bits per heavy atom. The summed E-state index contributed by atoms with van der Waals surface area (Å²) < 4.78 is 30.7. The number of ether oxygens (including phenoxy) is 1. The summed E-state index contributed by atoms with van der Waals surface area (Å²) >= 11 is 1.44. The Labute approximate surface area is 169 Å². The number of hydrogen-bond acceptors (Lipinski definition) is 4. The van der Waals surface area contributed by atoms with E-state index in [-0.39, 0.29) is 11.3 Å². The van der Waals surface area contributed by atoms with Crippen molar-refractivity contribution in [1.29, 1.82) is 0 Å². The van der Waals surface area contributed by atoms with Crippen LogP contribution in [-0.2, 0) is 5.75 Å². The van der Waals surface area contributed by atoms with Crippen molar-refractivity contribution in [2.45, 2.75) is 17.5 Å². The number of para-hydroxylation sites is 1. The summed E-state index contributed by atoms with van der Waals surface area (Å²) in [6, 6.07) is 23.0. The van der Waals surface area contributed by atoms with Crippen molar-refractivity contribution in [3.8, 4) is 11.4 Å². The quantitative estimate of drug-likeness (QED) is 0.320. The van der Waals surface area contributed by atoms with E-state index in [0.717, 1.165) is 5.56 Å². The molecule has 0 saturated carbocycles. The molecule has 0 aliphatic rings. The van der Waals surface area contributed by atoms with Gasteiger partial charge in [0.15, 0.2) is 5.16 Å². The zero-order valence-corrected chi connectivity index (χ0v) is 16.0. The lowest BCUT2D eigenvalue weighted by Gasteiger charge is -2.14. The molecule has 0 spiro atoms. The van der Waals surface area contributed by atoms with Gasteiger partial charge in [0, 0.05) is 5.75 Å². The minimum atomic E-state index is -2.90. The van der Waals surface area contributed by atoms with Gasteiger partial charge in [0.05, 0.1) is 16.6 Å². The fourth-order valence-electron chi connectivity index (χ4n) is 2.94. The highest BCUT2D eigenvalue weighted by molar-refractivity contribution is 7.98. The minimum Gasteiger partial charge on any atom is -0.435 e. The number of hydrogen-bond donors (Lipinski definition) is 0. The van der Waals surface area contributed by atoms with Gasteiger partial charge >= 0.3 is 6.61 Å². The van der Waals surface area contributed by atoms with Crippen molar-refractivity contribution >= 4 is 22.7 Å². The summed E-state index contributed by atoms with van der Waals surface area (Å²) in [4.78, 5) is 17.9. The maximum absolute atomic E-state index is 13.2. The van der Waals surface area contributed by atoms with Crippen molar-refractivity contribution in [2.75, 3.05) is 0 Å². The standard InChI is InChI=1S/C22H16F2N2O2S/c23-21(24)28-17-12-10-16(11-13-17)26-20(27)18-8-4-5-9-19(18)25-22(26)29-14-15-6-2-1-3-7-15/h1-13,21H,14H2. The van der Waals surface area contributed by atoms with E-state index in [4.69, 9.17) is 0 Å². The fourth-order valence-corrected chi connectivity index (χ4v) is 3.90. The average Bonchev–Trinajstić information content (AvgIpc) is 2.74. The van der Waals surface area contributed by atoms with E-state index >= 15 is 0 Å². The molecule has 0 atom stereocenters. The number of aromatic nitrogens is 2. The zero-order valence-electron chi connectivity index (χ0n) is 15.2. The molecule has 1 heterocycles. The van der Waals surface area contributed by atoms with Crippen LogP contribution in [0.2, 0.25) is 0 Å². The second-order valence-corrected chi connectivity index (χ2v) is 7.14. The van der Waals surface area contributed by atoms with E-state index in [1.54, 1.807) is 30.3 Å². The number of nitrogens with zero attached hydrogens (tertiary/aromatic N) is 2. The molecule has 0 saturated heterocycles. The van der Waals surface area contributed by atoms with E-state index in [1.807, 2.05) is 36.4 Å². The number of alkyl halides is 2. The molecule has 0 bridgehead atoms. The minimum absolute atomic E-state index is 0.0315. The molecule has 146 valence electrons. The smallest absolute Gasteiger partial charge is 0.387 e. The fraction of sp³-hybridized carbons (Fsp3) is 0.0909. The van der Waals surface area contributed by atoms with Crippen LogP contribution in [0.4, 0.5) is 8.78 Å². The van der Waals surface area contributed by atoms with Crippen LogP contribution in [-0.4, -0.2) is 16.2 Å². The number of rotatable bonds is 6.